The first kappa shape index (κ1) is 17.2. The molecule has 0 spiro atoms. The van der Waals surface area contributed by atoms with Crippen LogP contribution in [-0.2, 0) is 11.2 Å². The Morgan fingerprint density at radius 3 is 2.50 bits per heavy atom. The summed E-state index contributed by atoms with van der Waals surface area (Å²) in [6.45, 7) is 3.05. The number of carbonyl (C=O) groups excluding carboxylic acids is 1. The van der Waals surface area contributed by atoms with Crippen LogP contribution in [0.2, 0.25) is 5.02 Å². The van der Waals surface area contributed by atoms with E-state index in [1.54, 1.807) is 23.1 Å². The van der Waals surface area contributed by atoms with Crippen molar-refractivity contribution < 1.29 is 9.53 Å². The SMILES string of the molecule is Cc1cc(OC2CN(C(=O)Cc3ccc(Cl)cc3)C2)cc(=O)n1C1CC1. The summed E-state index contributed by atoms with van der Waals surface area (Å²) in [5, 5.41) is 0.664. The molecule has 2 aliphatic rings. The van der Waals surface area contributed by atoms with E-state index in [-0.39, 0.29) is 17.6 Å². The lowest BCUT2D eigenvalue weighted by Gasteiger charge is -2.39. The molecule has 1 saturated heterocycles. The monoisotopic (exact) mass is 372 g/mol. The van der Waals surface area contributed by atoms with Crippen molar-refractivity contribution in [3.05, 3.63) is 63.0 Å². The van der Waals surface area contributed by atoms with Crippen molar-refractivity contribution in [2.24, 2.45) is 0 Å². The Kier molecular flexibility index (Phi) is 4.49. The average molecular weight is 373 g/mol. The Hall–Kier alpha value is -2.27. The molecule has 0 N–H and O–H groups in total. The van der Waals surface area contributed by atoms with Gasteiger partial charge in [-0.15, -0.1) is 0 Å². The molecule has 0 bridgehead atoms. The summed E-state index contributed by atoms with van der Waals surface area (Å²) in [6, 6.07) is 11.1. The number of aromatic nitrogens is 1. The summed E-state index contributed by atoms with van der Waals surface area (Å²) in [6.07, 6.45) is 2.46. The molecule has 136 valence electrons. The van der Waals surface area contributed by atoms with Crippen LogP contribution in [0.5, 0.6) is 5.75 Å². The minimum Gasteiger partial charge on any atom is -0.486 e. The predicted octanol–water partition coefficient (Wildman–Crippen LogP) is 2.98. The maximum absolute atomic E-state index is 12.3. The molecule has 2 aromatic rings. The van der Waals surface area contributed by atoms with Gasteiger partial charge in [-0.25, -0.2) is 0 Å². The number of aryl methyl sites for hydroxylation is 1. The van der Waals surface area contributed by atoms with Gasteiger partial charge in [0.1, 0.15) is 11.9 Å². The Bertz CT molecular complexity index is 881. The van der Waals surface area contributed by atoms with Gasteiger partial charge < -0.3 is 14.2 Å². The summed E-state index contributed by atoms with van der Waals surface area (Å²) in [5.74, 6) is 0.673. The van der Waals surface area contributed by atoms with Crippen LogP contribution in [0.25, 0.3) is 0 Å². The number of rotatable bonds is 5. The maximum Gasteiger partial charge on any atom is 0.254 e. The van der Waals surface area contributed by atoms with Gasteiger partial charge in [0.2, 0.25) is 5.91 Å². The zero-order valence-electron chi connectivity index (χ0n) is 14.7. The standard InChI is InChI=1S/C20H21ClN2O3/c1-13-8-17(10-20(25)23(13)16-6-7-16)26-18-11-22(12-18)19(24)9-14-2-4-15(21)5-3-14/h2-5,8,10,16,18H,6-7,9,11-12H2,1H3. The molecule has 1 aromatic heterocycles. The molecule has 1 aliphatic carbocycles. The molecule has 6 heteroatoms. The van der Waals surface area contributed by atoms with E-state index in [1.807, 2.05) is 29.7 Å². The van der Waals surface area contributed by atoms with Crippen LogP contribution in [0.3, 0.4) is 0 Å². The third-order valence-electron chi connectivity index (χ3n) is 4.92. The van der Waals surface area contributed by atoms with E-state index in [1.165, 1.54) is 0 Å². The minimum atomic E-state index is -0.0558. The van der Waals surface area contributed by atoms with E-state index in [9.17, 15) is 9.59 Å². The molecular weight excluding hydrogens is 352 g/mol. The highest BCUT2D eigenvalue weighted by molar-refractivity contribution is 6.30. The fourth-order valence-electron chi connectivity index (χ4n) is 3.35. The van der Waals surface area contributed by atoms with Crippen molar-refractivity contribution >= 4 is 17.5 Å². The van der Waals surface area contributed by atoms with Crippen molar-refractivity contribution in [2.75, 3.05) is 13.1 Å². The number of amides is 1. The molecule has 4 rings (SSSR count). The fraction of sp³-hybridized carbons (Fsp3) is 0.400. The summed E-state index contributed by atoms with van der Waals surface area (Å²) in [4.78, 5) is 26.3. The highest BCUT2D eigenvalue weighted by atomic mass is 35.5. The molecule has 1 saturated carbocycles. The second kappa shape index (κ2) is 6.80. The van der Waals surface area contributed by atoms with Crippen LogP contribution in [0.4, 0.5) is 0 Å². The van der Waals surface area contributed by atoms with Gasteiger partial charge in [0.25, 0.3) is 5.56 Å². The first-order valence-electron chi connectivity index (χ1n) is 8.91. The van der Waals surface area contributed by atoms with Crippen molar-refractivity contribution in [2.45, 2.75) is 38.3 Å². The van der Waals surface area contributed by atoms with Crippen LogP contribution in [0, 0.1) is 6.92 Å². The molecule has 0 radical (unpaired) electrons. The zero-order valence-corrected chi connectivity index (χ0v) is 15.4. The Morgan fingerprint density at radius 1 is 1.19 bits per heavy atom. The van der Waals surface area contributed by atoms with E-state index in [0.717, 1.165) is 24.1 Å². The molecule has 1 aliphatic heterocycles. The number of benzene rings is 1. The first-order valence-corrected chi connectivity index (χ1v) is 9.29. The van der Waals surface area contributed by atoms with Crippen LogP contribution >= 0.6 is 11.6 Å². The van der Waals surface area contributed by atoms with Gasteiger partial charge >= 0.3 is 0 Å². The molecule has 26 heavy (non-hydrogen) atoms. The molecule has 2 heterocycles. The number of nitrogens with zero attached hydrogens (tertiary/aromatic N) is 2. The Labute approximate surface area is 157 Å². The number of hydrogen-bond donors (Lipinski definition) is 0. The molecule has 0 unspecified atom stereocenters. The Balaban J connectivity index is 1.31. The second-order valence-electron chi connectivity index (χ2n) is 7.11. The summed E-state index contributed by atoms with van der Waals surface area (Å²) in [7, 11) is 0. The van der Waals surface area contributed by atoms with Gasteiger partial charge in [0.05, 0.1) is 19.5 Å². The molecule has 0 atom stereocenters. The summed E-state index contributed by atoms with van der Waals surface area (Å²) in [5.41, 5.74) is 1.88. The third-order valence-corrected chi connectivity index (χ3v) is 5.17. The minimum absolute atomic E-state index is 0.00232. The van der Waals surface area contributed by atoms with Crippen molar-refractivity contribution in [3.63, 3.8) is 0 Å². The lowest BCUT2D eigenvalue weighted by molar-refractivity contribution is -0.139. The smallest absolute Gasteiger partial charge is 0.254 e. The molecule has 1 aromatic carbocycles. The van der Waals surface area contributed by atoms with E-state index < -0.39 is 0 Å². The summed E-state index contributed by atoms with van der Waals surface area (Å²) < 4.78 is 7.73. The second-order valence-corrected chi connectivity index (χ2v) is 7.55. The fourth-order valence-corrected chi connectivity index (χ4v) is 3.47. The van der Waals surface area contributed by atoms with Gasteiger partial charge in [-0.3, -0.25) is 9.59 Å². The van der Waals surface area contributed by atoms with Gasteiger partial charge in [-0.1, -0.05) is 23.7 Å². The number of hydrogen-bond acceptors (Lipinski definition) is 3. The van der Waals surface area contributed by atoms with Crippen LogP contribution in [0.15, 0.2) is 41.2 Å². The van der Waals surface area contributed by atoms with E-state index in [4.69, 9.17) is 16.3 Å². The molecule has 1 amide bonds. The molecular formula is C20H21ClN2O3. The normalized spacial score (nSPS) is 17.1. The Morgan fingerprint density at radius 2 is 1.88 bits per heavy atom. The maximum atomic E-state index is 12.3. The highest BCUT2D eigenvalue weighted by Gasteiger charge is 2.32. The molecule has 2 fully saturated rings. The van der Waals surface area contributed by atoms with Gasteiger partial charge in [0, 0.05) is 22.8 Å². The number of carbonyl (C=O) groups is 1. The van der Waals surface area contributed by atoms with Gasteiger partial charge in [-0.05, 0) is 43.5 Å². The van der Waals surface area contributed by atoms with Crippen molar-refractivity contribution in [1.29, 1.82) is 0 Å². The van der Waals surface area contributed by atoms with E-state index >= 15 is 0 Å². The van der Waals surface area contributed by atoms with E-state index in [0.29, 0.717) is 36.3 Å². The number of likely N-dealkylation sites (tertiary alicyclic amines) is 1. The molecule has 5 nitrogen and oxygen atoms in total. The summed E-state index contributed by atoms with van der Waals surface area (Å²) >= 11 is 5.86. The highest BCUT2D eigenvalue weighted by Crippen LogP contribution is 2.35. The number of pyridine rings is 1. The lowest BCUT2D eigenvalue weighted by Crippen LogP contribution is -2.56. The quantitative estimate of drug-likeness (QED) is 0.810. The van der Waals surface area contributed by atoms with Crippen molar-refractivity contribution in [1.82, 2.24) is 9.47 Å². The number of ether oxygens (including phenoxy) is 1. The topological polar surface area (TPSA) is 51.5 Å². The largest absolute Gasteiger partial charge is 0.486 e. The van der Waals surface area contributed by atoms with E-state index in [2.05, 4.69) is 0 Å². The number of halogens is 1. The lowest BCUT2D eigenvalue weighted by atomic mass is 10.1. The third kappa shape index (κ3) is 3.63. The van der Waals surface area contributed by atoms with Crippen molar-refractivity contribution in [3.8, 4) is 5.75 Å². The van der Waals surface area contributed by atoms with Gasteiger partial charge in [-0.2, -0.15) is 0 Å². The predicted molar refractivity (Wildman–Crippen MR) is 99.9 cm³/mol. The first-order chi connectivity index (χ1) is 12.5. The average Bonchev–Trinajstić information content (AvgIpc) is 3.37. The van der Waals surface area contributed by atoms with Gasteiger partial charge in [0.15, 0.2) is 0 Å². The van der Waals surface area contributed by atoms with Crippen LogP contribution in [-0.4, -0.2) is 34.6 Å². The zero-order chi connectivity index (χ0) is 18.3. The van der Waals surface area contributed by atoms with Crippen LogP contribution < -0.4 is 10.3 Å². The van der Waals surface area contributed by atoms with Crippen LogP contribution in [0.1, 0.15) is 30.1 Å².